The van der Waals surface area contributed by atoms with Crippen LogP contribution in [-0.4, -0.2) is 44.9 Å². The fourth-order valence-electron chi connectivity index (χ4n) is 0.592. The zero-order valence-corrected chi connectivity index (χ0v) is 10.1. The summed E-state index contributed by atoms with van der Waals surface area (Å²) in [5.41, 5.74) is 2.43. The van der Waals surface area contributed by atoms with E-state index >= 15 is 0 Å². The molecule has 0 heterocycles. The van der Waals surface area contributed by atoms with Crippen LogP contribution in [-0.2, 0) is 18.4 Å². The maximum Gasteiger partial charge on any atom is 0.524 e. The van der Waals surface area contributed by atoms with Gasteiger partial charge in [-0.05, 0) is 0 Å². The molecular weight excluding hydrogens is 209 g/mol. The highest BCUT2D eigenvalue weighted by Crippen LogP contribution is 2.49. The molecule has 0 aromatic carbocycles. The molecule has 7 nitrogen and oxygen atoms in total. The first kappa shape index (κ1) is 14.0. The van der Waals surface area contributed by atoms with Gasteiger partial charge in [-0.2, -0.15) is 29.5 Å². The fraction of sp³-hybridized carbons (Fsp3) is 1.00. The molecule has 0 aromatic heterocycles. The van der Waals surface area contributed by atoms with E-state index < -0.39 is 7.82 Å². The molecule has 0 aliphatic heterocycles. The van der Waals surface area contributed by atoms with Crippen LogP contribution in [0, 0.1) is 0 Å². The first-order valence-corrected chi connectivity index (χ1v) is 5.61. The molecule has 0 fully saturated rings. The Hall–Kier alpha value is -0.0100. The number of phosphoric acid groups is 1. The Morgan fingerprint density at radius 3 is 1.86 bits per heavy atom. The molecule has 0 radical (unpaired) electrons. The van der Waals surface area contributed by atoms with E-state index in [4.69, 9.17) is 13.9 Å². The summed E-state index contributed by atoms with van der Waals surface area (Å²) in [4.78, 5) is 0. The summed E-state index contributed by atoms with van der Waals surface area (Å²) >= 11 is 0. The topological polar surface area (TPSA) is 63.3 Å². The van der Waals surface area contributed by atoms with E-state index in [1.54, 1.807) is 35.1 Å². The van der Waals surface area contributed by atoms with Crippen LogP contribution in [0.15, 0.2) is 0 Å². The average molecular weight is 227 g/mol. The summed E-state index contributed by atoms with van der Waals surface area (Å²) in [6.45, 7) is 2.30. The molecule has 0 saturated carbocycles. The third-order valence-electron chi connectivity index (χ3n) is 0.847. The molecule has 86 valence electrons. The Morgan fingerprint density at radius 2 is 1.57 bits per heavy atom. The lowest BCUT2D eigenvalue weighted by Crippen LogP contribution is -2.22. The second-order valence-electron chi connectivity index (χ2n) is 2.82. The monoisotopic (exact) mass is 227 g/mol. The Labute approximate surface area is 84.4 Å². The molecular formula is C6H18N3O4P. The minimum Gasteiger partial charge on any atom is -0.223 e. The lowest BCUT2D eigenvalue weighted by Gasteiger charge is -2.22. The predicted octanol–water partition coefficient (Wildman–Crippen LogP) is 0.622. The summed E-state index contributed by atoms with van der Waals surface area (Å²) < 4.78 is 26.3. The van der Waals surface area contributed by atoms with Gasteiger partial charge in [0.2, 0.25) is 0 Å². The minimum absolute atomic E-state index is 0.498. The van der Waals surface area contributed by atoms with Crippen LogP contribution in [0.1, 0.15) is 6.92 Å². The number of nitrogens with one attached hydrogen (secondary N) is 1. The number of hydrogen-bond donors (Lipinski definition) is 1. The van der Waals surface area contributed by atoms with Crippen molar-refractivity contribution in [2.24, 2.45) is 0 Å². The van der Waals surface area contributed by atoms with E-state index in [2.05, 4.69) is 5.48 Å². The van der Waals surface area contributed by atoms with Crippen molar-refractivity contribution in [2.45, 2.75) is 6.92 Å². The molecule has 0 aliphatic carbocycles. The molecule has 0 unspecified atom stereocenters. The Balaban J connectivity index is 4.26. The van der Waals surface area contributed by atoms with Gasteiger partial charge in [-0.15, -0.1) is 0 Å². The zero-order valence-electron chi connectivity index (χ0n) is 9.18. The minimum atomic E-state index is -3.61. The van der Waals surface area contributed by atoms with Crippen molar-refractivity contribution in [1.29, 1.82) is 0 Å². The van der Waals surface area contributed by atoms with E-state index in [0.29, 0.717) is 6.54 Å². The maximum atomic E-state index is 11.8. The second-order valence-corrected chi connectivity index (χ2v) is 4.23. The molecule has 0 amide bonds. The Bertz CT molecular complexity index is 186. The van der Waals surface area contributed by atoms with Gasteiger partial charge < -0.3 is 0 Å². The van der Waals surface area contributed by atoms with Gasteiger partial charge in [0.05, 0.1) is 0 Å². The quantitative estimate of drug-likeness (QED) is 0.505. The molecule has 1 N–H and O–H groups in total. The van der Waals surface area contributed by atoms with Gasteiger partial charge in [0.15, 0.2) is 0 Å². The number of rotatable bonds is 7. The van der Waals surface area contributed by atoms with E-state index in [0.717, 1.165) is 0 Å². The molecule has 0 aromatic rings. The van der Waals surface area contributed by atoms with Gasteiger partial charge >= 0.3 is 7.82 Å². The van der Waals surface area contributed by atoms with Gasteiger partial charge in [0.1, 0.15) is 0 Å². The second kappa shape index (κ2) is 6.47. The van der Waals surface area contributed by atoms with Crippen LogP contribution < -0.4 is 5.48 Å². The van der Waals surface area contributed by atoms with E-state index in [-0.39, 0.29) is 0 Å². The lowest BCUT2D eigenvalue weighted by molar-refractivity contribution is -0.115. The third-order valence-corrected chi connectivity index (χ3v) is 2.25. The summed E-state index contributed by atoms with van der Waals surface area (Å²) in [7, 11) is 2.73. The molecule has 0 bridgehead atoms. The van der Waals surface area contributed by atoms with Crippen molar-refractivity contribution >= 4 is 7.82 Å². The van der Waals surface area contributed by atoms with Crippen molar-refractivity contribution < 1.29 is 18.4 Å². The largest absolute Gasteiger partial charge is 0.524 e. The van der Waals surface area contributed by atoms with Gasteiger partial charge in [-0.25, -0.2) is 4.57 Å². The Morgan fingerprint density at radius 1 is 1.14 bits per heavy atom. The van der Waals surface area contributed by atoms with Crippen LogP contribution >= 0.6 is 7.82 Å². The predicted molar refractivity (Wildman–Crippen MR) is 51.9 cm³/mol. The number of hydrogen-bond acceptors (Lipinski definition) is 7. The van der Waals surface area contributed by atoms with Crippen LogP contribution in [0.2, 0.25) is 0 Å². The number of hydroxylamine groups is 5. The van der Waals surface area contributed by atoms with E-state index in [1.807, 2.05) is 0 Å². The fourth-order valence-corrected chi connectivity index (χ4v) is 1.78. The van der Waals surface area contributed by atoms with Crippen molar-refractivity contribution in [2.75, 3.05) is 34.7 Å². The zero-order chi connectivity index (χ0) is 11.2. The smallest absolute Gasteiger partial charge is 0.223 e. The van der Waals surface area contributed by atoms with Crippen molar-refractivity contribution in [3.63, 3.8) is 0 Å². The van der Waals surface area contributed by atoms with Crippen LogP contribution in [0.4, 0.5) is 0 Å². The van der Waals surface area contributed by atoms with Crippen molar-refractivity contribution in [3.05, 3.63) is 0 Å². The standard InChI is InChI=1S/C6H18N3O4P/c1-6-7-11-14(10,12-8(2)3)13-9(4)5/h7H,6H2,1-5H3. The van der Waals surface area contributed by atoms with Crippen LogP contribution in [0.25, 0.3) is 0 Å². The highest BCUT2D eigenvalue weighted by atomic mass is 31.2. The van der Waals surface area contributed by atoms with Crippen molar-refractivity contribution in [1.82, 2.24) is 15.6 Å². The highest BCUT2D eigenvalue weighted by Gasteiger charge is 2.30. The van der Waals surface area contributed by atoms with E-state index in [1.165, 1.54) is 10.1 Å². The van der Waals surface area contributed by atoms with Gasteiger partial charge in [-0.1, -0.05) is 6.92 Å². The third kappa shape index (κ3) is 6.44. The van der Waals surface area contributed by atoms with Gasteiger partial charge in [0.25, 0.3) is 0 Å². The van der Waals surface area contributed by atoms with Crippen molar-refractivity contribution in [3.8, 4) is 0 Å². The summed E-state index contributed by atoms with van der Waals surface area (Å²) in [5.74, 6) is 0. The summed E-state index contributed by atoms with van der Waals surface area (Å²) in [6, 6.07) is 0. The highest BCUT2D eigenvalue weighted by molar-refractivity contribution is 7.48. The molecule has 0 spiro atoms. The SMILES string of the molecule is CCNOP(=O)(ON(C)C)ON(C)C. The van der Waals surface area contributed by atoms with E-state index in [9.17, 15) is 4.57 Å². The summed E-state index contributed by atoms with van der Waals surface area (Å²) in [6.07, 6.45) is 0. The molecule has 0 aliphatic rings. The van der Waals surface area contributed by atoms with Gasteiger partial charge in [-0.3, -0.25) is 0 Å². The first-order chi connectivity index (χ1) is 6.39. The maximum absolute atomic E-state index is 11.8. The summed E-state index contributed by atoms with van der Waals surface area (Å²) in [5, 5.41) is 2.50. The van der Waals surface area contributed by atoms with Gasteiger partial charge in [0, 0.05) is 34.7 Å². The molecule has 0 rings (SSSR count). The first-order valence-electron chi connectivity index (χ1n) is 4.15. The Kier molecular flexibility index (Phi) is 6.46. The normalized spacial score (nSPS) is 12.8. The van der Waals surface area contributed by atoms with Crippen LogP contribution in [0.3, 0.4) is 0 Å². The number of nitrogens with zero attached hydrogens (tertiary/aromatic N) is 2. The molecule has 0 atom stereocenters. The van der Waals surface area contributed by atoms with Crippen LogP contribution in [0.5, 0.6) is 0 Å². The average Bonchev–Trinajstić information content (AvgIpc) is 1.97. The molecule has 8 heteroatoms. The molecule has 0 saturated heterocycles. The molecule has 14 heavy (non-hydrogen) atoms. The lowest BCUT2D eigenvalue weighted by atomic mass is 10.8.